The summed E-state index contributed by atoms with van der Waals surface area (Å²) in [4.78, 5) is 18.2. The van der Waals surface area contributed by atoms with Crippen molar-refractivity contribution in [2.24, 2.45) is 0 Å². The van der Waals surface area contributed by atoms with Gasteiger partial charge in [-0.15, -0.1) is 0 Å². The number of nitrogens with one attached hydrogen (secondary N) is 1. The summed E-state index contributed by atoms with van der Waals surface area (Å²) in [5, 5.41) is 7.58. The molecular weight excluding hydrogens is 304 g/mol. The fraction of sp³-hybridized carbons (Fsp3) is 0.500. The lowest BCUT2D eigenvalue weighted by Gasteiger charge is -2.25. The average molecular weight is 326 g/mol. The molecular formula is C18H22N4O2. The molecule has 0 saturated carbocycles. The summed E-state index contributed by atoms with van der Waals surface area (Å²) >= 11 is 0. The van der Waals surface area contributed by atoms with E-state index in [1.165, 1.54) is 0 Å². The van der Waals surface area contributed by atoms with Crippen molar-refractivity contribution in [1.82, 2.24) is 15.5 Å². The summed E-state index contributed by atoms with van der Waals surface area (Å²) in [6.07, 6.45) is 3.63. The fourth-order valence-electron chi connectivity index (χ4n) is 3.59. The van der Waals surface area contributed by atoms with Gasteiger partial charge in [-0.25, -0.2) is 0 Å². The molecule has 1 aromatic carbocycles. The number of carbonyl (C=O) groups excluding carboxylic acids is 1. The predicted molar refractivity (Wildman–Crippen MR) is 90.8 cm³/mol. The molecule has 6 heteroatoms. The van der Waals surface area contributed by atoms with E-state index in [0.717, 1.165) is 49.5 Å². The van der Waals surface area contributed by atoms with Crippen molar-refractivity contribution in [2.75, 3.05) is 18.0 Å². The Bertz CT molecular complexity index is 725. The Balaban J connectivity index is 1.51. The summed E-state index contributed by atoms with van der Waals surface area (Å²) in [5.74, 6) is 1.89. The number of anilines is 1. The van der Waals surface area contributed by atoms with E-state index in [2.05, 4.69) is 22.4 Å². The van der Waals surface area contributed by atoms with Gasteiger partial charge in [0.25, 0.3) is 0 Å². The van der Waals surface area contributed by atoms with E-state index in [1.807, 2.05) is 29.2 Å². The zero-order valence-corrected chi connectivity index (χ0v) is 13.9. The monoisotopic (exact) mass is 326 g/mol. The number of hydrogen-bond acceptors (Lipinski definition) is 5. The molecule has 1 aromatic heterocycles. The van der Waals surface area contributed by atoms with E-state index in [0.29, 0.717) is 24.2 Å². The molecule has 6 nitrogen and oxygen atoms in total. The molecule has 0 radical (unpaired) electrons. The van der Waals surface area contributed by atoms with Gasteiger partial charge in [0.2, 0.25) is 17.6 Å². The van der Waals surface area contributed by atoms with Gasteiger partial charge in [-0.1, -0.05) is 5.16 Å². The molecule has 1 amide bonds. The van der Waals surface area contributed by atoms with Crippen molar-refractivity contribution in [3.05, 3.63) is 30.2 Å². The molecule has 1 N–H and O–H groups in total. The molecule has 2 fully saturated rings. The lowest BCUT2D eigenvalue weighted by atomic mass is 9.93. The molecule has 126 valence electrons. The number of amides is 1. The normalized spacial score (nSPS) is 24.5. The maximum absolute atomic E-state index is 11.8. The van der Waals surface area contributed by atoms with Crippen molar-refractivity contribution in [2.45, 2.75) is 44.6 Å². The molecule has 3 heterocycles. The Morgan fingerprint density at radius 1 is 1.29 bits per heavy atom. The van der Waals surface area contributed by atoms with Gasteiger partial charge in [0.1, 0.15) is 0 Å². The highest BCUT2D eigenvalue weighted by Crippen LogP contribution is 2.29. The first-order chi connectivity index (χ1) is 11.7. The molecule has 0 aliphatic carbocycles. The summed E-state index contributed by atoms with van der Waals surface area (Å²) in [6, 6.07) is 8.32. The van der Waals surface area contributed by atoms with Crippen LogP contribution >= 0.6 is 0 Å². The number of rotatable bonds is 3. The summed E-state index contributed by atoms with van der Waals surface area (Å²) in [5.41, 5.74) is 1.86. The number of carbonyl (C=O) groups is 1. The molecule has 2 aliphatic heterocycles. The first-order valence-electron chi connectivity index (χ1n) is 8.68. The van der Waals surface area contributed by atoms with Gasteiger partial charge in [-0.2, -0.15) is 4.98 Å². The Kier molecular flexibility index (Phi) is 4.06. The van der Waals surface area contributed by atoms with E-state index in [1.54, 1.807) is 0 Å². The number of piperidine rings is 1. The van der Waals surface area contributed by atoms with E-state index in [9.17, 15) is 4.79 Å². The number of aromatic nitrogens is 2. The van der Waals surface area contributed by atoms with Gasteiger partial charge in [0.05, 0.1) is 0 Å². The summed E-state index contributed by atoms with van der Waals surface area (Å²) in [6.45, 7) is 3.97. The number of hydrogen-bond donors (Lipinski definition) is 1. The Morgan fingerprint density at radius 2 is 2.12 bits per heavy atom. The van der Waals surface area contributed by atoms with E-state index >= 15 is 0 Å². The van der Waals surface area contributed by atoms with Crippen molar-refractivity contribution in [1.29, 1.82) is 0 Å². The van der Waals surface area contributed by atoms with Crippen LogP contribution in [0.15, 0.2) is 28.8 Å². The zero-order chi connectivity index (χ0) is 16.5. The van der Waals surface area contributed by atoms with Crippen LogP contribution in [0.4, 0.5) is 5.69 Å². The van der Waals surface area contributed by atoms with E-state index < -0.39 is 0 Å². The van der Waals surface area contributed by atoms with Crippen LogP contribution in [0.1, 0.15) is 44.4 Å². The first kappa shape index (κ1) is 15.3. The van der Waals surface area contributed by atoms with Gasteiger partial charge in [-0.05, 0) is 57.0 Å². The molecule has 4 rings (SSSR count). The Morgan fingerprint density at radius 3 is 2.83 bits per heavy atom. The van der Waals surface area contributed by atoms with Crippen molar-refractivity contribution >= 4 is 11.6 Å². The first-order valence-corrected chi connectivity index (χ1v) is 8.68. The third kappa shape index (κ3) is 2.94. The van der Waals surface area contributed by atoms with Gasteiger partial charge in [0, 0.05) is 36.2 Å². The van der Waals surface area contributed by atoms with Crippen LogP contribution in [-0.2, 0) is 4.79 Å². The van der Waals surface area contributed by atoms with E-state index in [4.69, 9.17) is 4.52 Å². The summed E-state index contributed by atoms with van der Waals surface area (Å²) < 4.78 is 5.50. The van der Waals surface area contributed by atoms with Crippen molar-refractivity contribution in [3.63, 3.8) is 0 Å². The molecule has 2 aromatic rings. The second kappa shape index (κ2) is 6.36. The fourth-order valence-corrected chi connectivity index (χ4v) is 3.59. The highest BCUT2D eigenvalue weighted by molar-refractivity contribution is 5.95. The SMILES string of the molecule is C[C@@H]1C[C@H](c2nc(-c3ccc(N4CCCC4=O)cc3)no2)CCN1. The molecule has 2 atom stereocenters. The smallest absolute Gasteiger partial charge is 0.230 e. The Hall–Kier alpha value is -2.21. The predicted octanol–water partition coefficient (Wildman–Crippen LogP) is 2.72. The second-order valence-corrected chi connectivity index (χ2v) is 6.73. The molecule has 0 bridgehead atoms. The topological polar surface area (TPSA) is 71.3 Å². The average Bonchev–Trinajstić information content (AvgIpc) is 3.24. The minimum Gasteiger partial charge on any atom is -0.339 e. The van der Waals surface area contributed by atoms with Crippen LogP contribution in [0, 0.1) is 0 Å². The minimum absolute atomic E-state index is 0.199. The van der Waals surface area contributed by atoms with Gasteiger partial charge in [-0.3, -0.25) is 4.79 Å². The third-order valence-corrected chi connectivity index (χ3v) is 4.93. The standard InChI is InChI=1S/C18H22N4O2/c1-12-11-14(8-9-19-12)18-20-17(21-24-18)13-4-6-15(7-5-13)22-10-2-3-16(22)23/h4-7,12,14,19H,2-3,8-11H2,1H3/t12-,14-/m1/s1. The zero-order valence-electron chi connectivity index (χ0n) is 13.9. The number of benzene rings is 1. The molecule has 0 spiro atoms. The van der Waals surface area contributed by atoms with Crippen LogP contribution in [0.25, 0.3) is 11.4 Å². The summed E-state index contributed by atoms with van der Waals surface area (Å²) in [7, 11) is 0. The molecule has 0 unspecified atom stereocenters. The third-order valence-electron chi connectivity index (χ3n) is 4.93. The van der Waals surface area contributed by atoms with Crippen molar-refractivity contribution < 1.29 is 9.32 Å². The minimum atomic E-state index is 0.199. The maximum atomic E-state index is 11.8. The maximum Gasteiger partial charge on any atom is 0.230 e. The Labute approximate surface area is 141 Å². The lowest BCUT2D eigenvalue weighted by Crippen LogP contribution is -2.34. The van der Waals surface area contributed by atoms with Crippen LogP contribution < -0.4 is 10.2 Å². The van der Waals surface area contributed by atoms with Crippen molar-refractivity contribution in [3.8, 4) is 11.4 Å². The molecule has 2 saturated heterocycles. The quantitative estimate of drug-likeness (QED) is 0.939. The second-order valence-electron chi connectivity index (χ2n) is 6.73. The van der Waals surface area contributed by atoms with Gasteiger partial charge < -0.3 is 14.7 Å². The van der Waals surface area contributed by atoms with Gasteiger partial charge >= 0.3 is 0 Å². The lowest BCUT2D eigenvalue weighted by molar-refractivity contribution is -0.117. The van der Waals surface area contributed by atoms with Gasteiger partial charge in [0.15, 0.2) is 0 Å². The van der Waals surface area contributed by atoms with Crippen LogP contribution in [0.2, 0.25) is 0 Å². The highest BCUT2D eigenvalue weighted by Gasteiger charge is 2.25. The molecule has 24 heavy (non-hydrogen) atoms. The van der Waals surface area contributed by atoms with Crippen LogP contribution in [0.3, 0.4) is 0 Å². The van der Waals surface area contributed by atoms with Crippen LogP contribution in [-0.4, -0.2) is 35.2 Å². The number of nitrogens with zero attached hydrogens (tertiary/aromatic N) is 3. The highest BCUT2D eigenvalue weighted by atomic mass is 16.5. The largest absolute Gasteiger partial charge is 0.339 e. The molecule has 2 aliphatic rings. The van der Waals surface area contributed by atoms with E-state index in [-0.39, 0.29) is 5.91 Å². The van der Waals surface area contributed by atoms with Crippen LogP contribution in [0.5, 0.6) is 0 Å².